The van der Waals surface area contributed by atoms with Gasteiger partial charge >= 0.3 is 0 Å². The van der Waals surface area contributed by atoms with Crippen LogP contribution in [0.4, 0.5) is 0 Å². The van der Waals surface area contributed by atoms with Crippen LogP contribution in [0.15, 0.2) is 42.5 Å². The maximum absolute atomic E-state index is 9.33. The minimum absolute atomic E-state index is 0.0605. The van der Waals surface area contributed by atoms with Crippen molar-refractivity contribution < 1.29 is 33.5 Å². The van der Waals surface area contributed by atoms with E-state index in [0.717, 1.165) is 5.56 Å². The lowest BCUT2D eigenvalue weighted by atomic mass is 10.2. The number of aliphatic hydroxyl groups is 1. The summed E-state index contributed by atoms with van der Waals surface area (Å²) in [5, 5.41) is 9.33. The third-order valence-electron chi connectivity index (χ3n) is 3.98. The topological polar surface area (TPSA) is 75.6 Å². The van der Waals surface area contributed by atoms with Crippen molar-refractivity contribution in [3.8, 4) is 23.0 Å². The first-order valence-electron chi connectivity index (χ1n) is 9.36. The van der Waals surface area contributed by atoms with E-state index in [0.29, 0.717) is 75.9 Å². The van der Waals surface area contributed by atoms with E-state index in [9.17, 15) is 5.11 Å². The molecule has 1 heterocycles. The largest absolute Gasteiger partial charge is 0.487 e. The van der Waals surface area contributed by atoms with Crippen molar-refractivity contribution in [2.75, 3.05) is 52.9 Å². The molecule has 0 atom stereocenters. The van der Waals surface area contributed by atoms with Crippen LogP contribution in [0.5, 0.6) is 23.0 Å². The van der Waals surface area contributed by atoms with Crippen LogP contribution in [0.1, 0.15) is 5.56 Å². The summed E-state index contributed by atoms with van der Waals surface area (Å²) in [6, 6.07) is 12.9. The molecule has 0 amide bonds. The molecule has 0 unspecified atom stereocenters. The van der Waals surface area contributed by atoms with Crippen molar-refractivity contribution in [3.63, 3.8) is 0 Å². The van der Waals surface area contributed by atoms with Gasteiger partial charge < -0.3 is 33.5 Å². The van der Waals surface area contributed by atoms with E-state index in [4.69, 9.17) is 28.4 Å². The molecule has 0 aromatic heterocycles. The summed E-state index contributed by atoms with van der Waals surface area (Å²) in [5.74, 6) is 2.54. The third kappa shape index (κ3) is 6.30. The van der Waals surface area contributed by atoms with Gasteiger partial charge in [0.05, 0.1) is 33.0 Å². The Bertz CT molecular complexity index is 720. The smallest absolute Gasteiger partial charge is 0.161 e. The van der Waals surface area contributed by atoms with Crippen molar-refractivity contribution in [3.05, 3.63) is 48.0 Å². The van der Waals surface area contributed by atoms with Gasteiger partial charge in [-0.3, -0.25) is 0 Å². The molecule has 0 bridgehead atoms. The lowest BCUT2D eigenvalue weighted by Gasteiger charge is -2.16. The summed E-state index contributed by atoms with van der Waals surface area (Å²) in [5.41, 5.74) is 0.755. The van der Waals surface area contributed by atoms with Gasteiger partial charge in [0.2, 0.25) is 0 Å². The lowest BCUT2D eigenvalue weighted by molar-refractivity contribution is 0.0639. The maximum Gasteiger partial charge on any atom is 0.161 e. The average Bonchev–Trinajstić information content (AvgIpc) is 2.73. The zero-order chi connectivity index (χ0) is 19.4. The highest BCUT2D eigenvalue weighted by Crippen LogP contribution is 2.29. The first-order chi connectivity index (χ1) is 13.9. The molecule has 1 aliphatic rings. The predicted octanol–water partition coefficient (Wildman–Crippen LogP) is 2.44. The number of benzene rings is 2. The van der Waals surface area contributed by atoms with E-state index in [-0.39, 0.29) is 6.61 Å². The van der Waals surface area contributed by atoms with Crippen LogP contribution in [0.25, 0.3) is 0 Å². The Kier molecular flexibility index (Phi) is 8.24. The number of ether oxygens (including phenoxy) is 6. The van der Waals surface area contributed by atoms with Gasteiger partial charge in [-0.05, 0) is 29.8 Å². The molecule has 1 aliphatic heterocycles. The number of rotatable bonds is 1. The first-order valence-corrected chi connectivity index (χ1v) is 9.36. The molecule has 28 heavy (non-hydrogen) atoms. The van der Waals surface area contributed by atoms with Crippen LogP contribution in [-0.2, 0) is 16.1 Å². The second-order valence-electron chi connectivity index (χ2n) is 6.00. The molecule has 1 N–H and O–H groups in total. The summed E-state index contributed by atoms with van der Waals surface area (Å²) in [7, 11) is 0. The molecule has 3 rings (SSSR count). The van der Waals surface area contributed by atoms with Gasteiger partial charge in [0.1, 0.15) is 26.4 Å². The maximum atomic E-state index is 9.33. The number of hydrogen-bond donors (Lipinski definition) is 1. The van der Waals surface area contributed by atoms with Crippen molar-refractivity contribution in [2.24, 2.45) is 0 Å². The third-order valence-corrected chi connectivity index (χ3v) is 3.98. The van der Waals surface area contributed by atoms with Crippen molar-refractivity contribution >= 4 is 0 Å². The van der Waals surface area contributed by atoms with Crippen LogP contribution >= 0.6 is 0 Å². The molecule has 7 heteroatoms. The zero-order valence-corrected chi connectivity index (χ0v) is 15.8. The molecule has 0 fully saturated rings. The number of aliphatic hydroxyl groups excluding tert-OH is 1. The average molecular weight is 390 g/mol. The molecule has 0 saturated heterocycles. The predicted molar refractivity (Wildman–Crippen MR) is 102 cm³/mol. The Morgan fingerprint density at radius 1 is 0.571 bits per heavy atom. The molecule has 7 nitrogen and oxygen atoms in total. The van der Waals surface area contributed by atoms with E-state index in [1.807, 2.05) is 24.3 Å². The van der Waals surface area contributed by atoms with E-state index in [1.165, 1.54) is 0 Å². The fraction of sp³-hybridized carbons (Fsp3) is 0.429. The molecular formula is C21H26O7. The van der Waals surface area contributed by atoms with Gasteiger partial charge in [0, 0.05) is 0 Å². The molecule has 2 aromatic rings. The SMILES string of the molecule is OCc1ccc2c(c1)OCCOCCOc1ccccc1OCCOCCO2. The highest BCUT2D eigenvalue weighted by Gasteiger charge is 2.08. The van der Waals surface area contributed by atoms with E-state index in [1.54, 1.807) is 18.2 Å². The van der Waals surface area contributed by atoms with Gasteiger partial charge in [-0.15, -0.1) is 0 Å². The van der Waals surface area contributed by atoms with E-state index < -0.39 is 0 Å². The summed E-state index contributed by atoms with van der Waals surface area (Å²) < 4.78 is 34.1. The standard InChI is InChI=1S/C21H26O7/c22-16-17-5-6-20-21(15-17)28-14-10-24-8-12-26-19-4-2-1-3-18(19)25-11-7-23-9-13-27-20/h1-6,15,22H,7-14,16H2. The molecule has 152 valence electrons. The Hall–Kier alpha value is -2.48. The quantitative estimate of drug-likeness (QED) is 0.802. The molecule has 0 radical (unpaired) electrons. The number of para-hydroxylation sites is 2. The lowest BCUT2D eigenvalue weighted by Crippen LogP contribution is -2.15. The monoisotopic (exact) mass is 390 g/mol. The summed E-state index contributed by atoms with van der Waals surface area (Å²) in [6.45, 7) is 3.21. The Morgan fingerprint density at radius 2 is 1.04 bits per heavy atom. The second-order valence-corrected chi connectivity index (χ2v) is 6.00. The van der Waals surface area contributed by atoms with Crippen LogP contribution in [0.3, 0.4) is 0 Å². The fourth-order valence-electron chi connectivity index (χ4n) is 2.62. The van der Waals surface area contributed by atoms with Crippen LogP contribution < -0.4 is 18.9 Å². The molecule has 2 aromatic carbocycles. The van der Waals surface area contributed by atoms with E-state index >= 15 is 0 Å². The molecule has 0 saturated carbocycles. The minimum Gasteiger partial charge on any atom is -0.487 e. The first kappa shape index (κ1) is 20.3. The zero-order valence-electron chi connectivity index (χ0n) is 15.8. The normalized spacial score (nSPS) is 16.6. The van der Waals surface area contributed by atoms with Crippen LogP contribution in [-0.4, -0.2) is 58.0 Å². The van der Waals surface area contributed by atoms with Gasteiger partial charge in [0.25, 0.3) is 0 Å². The van der Waals surface area contributed by atoms with Crippen molar-refractivity contribution in [1.29, 1.82) is 0 Å². The van der Waals surface area contributed by atoms with E-state index in [2.05, 4.69) is 0 Å². The number of fused-ring (bicyclic) bond motifs is 2. The molecular weight excluding hydrogens is 364 g/mol. The second kappa shape index (κ2) is 11.4. The van der Waals surface area contributed by atoms with Crippen molar-refractivity contribution in [1.82, 2.24) is 0 Å². The summed E-state index contributed by atoms with van der Waals surface area (Å²) in [6.07, 6.45) is 0. The highest BCUT2D eigenvalue weighted by molar-refractivity contribution is 5.43. The van der Waals surface area contributed by atoms with Gasteiger partial charge in [0.15, 0.2) is 23.0 Å². The van der Waals surface area contributed by atoms with Crippen LogP contribution in [0.2, 0.25) is 0 Å². The summed E-state index contributed by atoms with van der Waals surface area (Å²) >= 11 is 0. The molecule has 0 spiro atoms. The van der Waals surface area contributed by atoms with Crippen molar-refractivity contribution in [2.45, 2.75) is 6.61 Å². The minimum atomic E-state index is -0.0605. The van der Waals surface area contributed by atoms with Gasteiger partial charge in [-0.2, -0.15) is 0 Å². The Balaban J connectivity index is 1.59. The fourth-order valence-corrected chi connectivity index (χ4v) is 2.62. The van der Waals surface area contributed by atoms with Crippen LogP contribution in [0, 0.1) is 0 Å². The van der Waals surface area contributed by atoms with Gasteiger partial charge in [-0.25, -0.2) is 0 Å². The van der Waals surface area contributed by atoms with Gasteiger partial charge in [-0.1, -0.05) is 18.2 Å². The molecule has 0 aliphatic carbocycles. The Morgan fingerprint density at radius 3 is 1.54 bits per heavy atom. The summed E-state index contributed by atoms with van der Waals surface area (Å²) in [4.78, 5) is 0. The Labute approximate surface area is 164 Å². The highest BCUT2D eigenvalue weighted by atomic mass is 16.6. The number of hydrogen-bond acceptors (Lipinski definition) is 7.